The van der Waals surface area contributed by atoms with E-state index >= 15 is 0 Å². The van der Waals surface area contributed by atoms with Gasteiger partial charge >= 0.3 is 0 Å². The molecule has 2 aliphatic heterocycles. The van der Waals surface area contributed by atoms with Gasteiger partial charge in [-0.15, -0.1) is 0 Å². The maximum atomic E-state index is 11.5. The summed E-state index contributed by atoms with van der Waals surface area (Å²) in [5.74, 6) is 0.877. The first kappa shape index (κ1) is 13.8. The Bertz CT molecular complexity index is 701. The number of fused-ring (bicyclic) bond motifs is 2. The largest absolute Gasteiger partial charge is 0.356 e. The smallest absolute Gasteiger partial charge is 0.224 e. The highest BCUT2D eigenvalue weighted by molar-refractivity contribution is 5.97. The first-order valence-corrected chi connectivity index (χ1v) is 8.21. The van der Waals surface area contributed by atoms with Crippen molar-refractivity contribution in [3.05, 3.63) is 23.4 Å². The van der Waals surface area contributed by atoms with E-state index in [0.29, 0.717) is 6.42 Å². The summed E-state index contributed by atoms with van der Waals surface area (Å²) in [6.07, 6.45) is 6.04. The number of nitrogens with zero attached hydrogens (tertiary/aromatic N) is 1. The minimum Gasteiger partial charge on any atom is -0.356 e. The van der Waals surface area contributed by atoms with Crippen molar-refractivity contribution in [1.29, 1.82) is 0 Å². The molecule has 1 saturated heterocycles. The Labute approximate surface area is 129 Å². The lowest BCUT2D eigenvalue weighted by Crippen LogP contribution is -2.27. The van der Waals surface area contributed by atoms with Gasteiger partial charge in [0.25, 0.3) is 0 Å². The van der Waals surface area contributed by atoms with Crippen LogP contribution in [0.2, 0.25) is 0 Å². The van der Waals surface area contributed by atoms with Gasteiger partial charge in [0, 0.05) is 23.6 Å². The summed E-state index contributed by atoms with van der Waals surface area (Å²) in [6.45, 7) is 2.27. The summed E-state index contributed by atoms with van der Waals surface area (Å²) in [5, 5.41) is 11.7. The van der Waals surface area contributed by atoms with E-state index in [1.54, 1.807) is 0 Å². The van der Waals surface area contributed by atoms with Gasteiger partial charge in [0.05, 0.1) is 5.69 Å². The van der Waals surface area contributed by atoms with Crippen molar-refractivity contribution in [2.24, 2.45) is 5.92 Å². The quantitative estimate of drug-likeness (QED) is 0.914. The Morgan fingerprint density at radius 1 is 1.23 bits per heavy atom. The molecule has 0 unspecified atom stereocenters. The summed E-state index contributed by atoms with van der Waals surface area (Å²) < 4.78 is 5.48. The number of hydrogen-bond acceptors (Lipinski definition) is 4. The van der Waals surface area contributed by atoms with Crippen molar-refractivity contribution in [2.45, 2.75) is 38.5 Å². The van der Waals surface area contributed by atoms with E-state index < -0.39 is 0 Å². The number of aryl methyl sites for hydroxylation is 2. The van der Waals surface area contributed by atoms with Crippen molar-refractivity contribution in [1.82, 2.24) is 10.5 Å². The van der Waals surface area contributed by atoms with Gasteiger partial charge in [0.2, 0.25) is 5.91 Å². The third-order valence-electron chi connectivity index (χ3n) is 4.91. The maximum Gasteiger partial charge on any atom is 0.224 e. The van der Waals surface area contributed by atoms with Crippen molar-refractivity contribution in [3.63, 3.8) is 0 Å². The highest BCUT2D eigenvalue weighted by Gasteiger charge is 2.19. The average Bonchev–Trinajstić information content (AvgIpc) is 2.94. The van der Waals surface area contributed by atoms with Gasteiger partial charge in [-0.05, 0) is 62.7 Å². The second kappa shape index (κ2) is 5.72. The minimum absolute atomic E-state index is 0.0810. The standard InChI is InChI=1S/C17H21N3O2/c21-17-4-2-12-9-13-14(3-1-11-5-7-18-8-6-11)20-22-16(13)10-15(12)19-17/h9-11,18H,1-8H2,(H,19,21). The topological polar surface area (TPSA) is 67.2 Å². The molecule has 116 valence electrons. The molecule has 1 fully saturated rings. The molecule has 1 aromatic heterocycles. The first-order chi connectivity index (χ1) is 10.8. The molecule has 5 heteroatoms. The zero-order valence-electron chi connectivity index (χ0n) is 12.7. The van der Waals surface area contributed by atoms with Crippen LogP contribution in [0.25, 0.3) is 11.0 Å². The molecular weight excluding hydrogens is 278 g/mol. The van der Waals surface area contributed by atoms with E-state index in [4.69, 9.17) is 4.52 Å². The van der Waals surface area contributed by atoms with Crippen LogP contribution in [0.3, 0.4) is 0 Å². The lowest BCUT2D eigenvalue weighted by molar-refractivity contribution is -0.116. The van der Waals surface area contributed by atoms with Crippen LogP contribution in [-0.2, 0) is 17.6 Å². The Balaban J connectivity index is 1.55. The predicted molar refractivity (Wildman–Crippen MR) is 84.9 cm³/mol. The maximum absolute atomic E-state index is 11.5. The van der Waals surface area contributed by atoms with Crippen LogP contribution >= 0.6 is 0 Å². The van der Waals surface area contributed by atoms with Crippen LogP contribution < -0.4 is 10.6 Å². The van der Waals surface area contributed by atoms with Crippen molar-refractivity contribution in [2.75, 3.05) is 18.4 Å². The van der Waals surface area contributed by atoms with Gasteiger partial charge in [-0.3, -0.25) is 4.79 Å². The number of amides is 1. The Kier molecular flexibility index (Phi) is 3.58. The average molecular weight is 299 g/mol. The zero-order valence-corrected chi connectivity index (χ0v) is 12.7. The molecule has 0 aliphatic carbocycles. The van der Waals surface area contributed by atoms with E-state index in [-0.39, 0.29) is 5.91 Å². The molecule has 0 spiro atoms. The minimum atomic E-state index is 0.0810. The fourth-order valence-electron chi connectivity index (χ4n) is 3.55. The van der Waals surface area contributed by atoms with Crippen LogP contribution in [0.1, 0.15) is 36.9 Å². The van der Waals surface area contributed by atoms with Gasteiger partial charge < -0.3 is 15.2 Å². The molecular formula is C17H21N3O2. The number of hydrogen-bond donors (Lipinski definition) is 2. The van der Waals surface area contributed by atoms with Crippen LogP contribution in [0.4, 0.5) is 5.69 Å². The summed E-state index contributed by atoms with van der Waals surface area (Å²) in [4.78, 5) is 11.5. The third-order valence-corrected chi connectivity index (χ3v) is 4.91. The molecule has 0 bridgehead atoms. The van der Waals surface area contributed by atoms with Gasteiger partial charge in [-0.1, -0.05) is 5.16 Å². The number of nitrogens with one attached hydrogen (secondary N) is 2. The number of aromatic nitrogens is 1. The van der Waals surface area contributed by atoms with Crippen LogP contribution in [0.5, 0.6) is 0 Å². The van der Waals surface area contributed by atoms with E-state index in [9.17, 15) is 4.79 Å². The van der Waals surface area contributed by atoms with Gasteiger partial charge in [0.1, 0.15) is 0 Å². The Morgan fingerprint density at radius 3 is 2.95 bits per heavy atom. The number of carbonyl (C=O) groups excluding carboxylic acids is 1. The normalized spacial score (nSPS) is 19.2. The fourth-order valence-corrected chi connectivity index (χ4v) is 3.55. The SMILES string of the molecule is O=C1CCc2cc3c(CCC4CCNCC4)noc3cc2N1. The number of carbonyl (C=O) groups is 1. The highest BCUT2D eigenvalue weighted by atomic mass is 16.5. The summed E-state index contributed by atoms with van der Waals surface area (Å²) in [7, 11) is 0. The second-order valence-corrected chi connectivity index (χ2v) is 6.42. The highest BCUT2D eigenvalue weighted by Crippen LogP contribution is 2.31. The third kappa shape index (κ3) is 2.61. The Hall–Kier alpha value is -1.88. The van der Waals surface area contributed by atoms with Crippen molar-refractivity contribution < 1.29 is 9.32 Å². The molecule has 2 aromatic rings. The molecule has 3 heterocycles. The molecule has 5 nitrogen and oxygen atoms in total. The number of benzene rings is 1. The molecule has 2 N–H and O–H groups in total. The van der Waals surface area contributed by atoms with Gasteiger partial charge in [-0.25, -0.2) is 0 Å². The Morgan fingerprint density at radius 2 is 2.09 bits per heavy atom. The van der Waals surface area contributed by atoms with E-state index in [1.165, 1.54) is 24.8 Å². The molecule has 22 heavy (non-hydrogen) atoms. The first-order valence-electron chi connectivity index (χ1n) is 8.21. The summed E-state index contributed by atoms with van der Waals surface area (Å²) >= 11 is 0. The molecule has 1 aromatic carbocycles. The van der Waals surface area contributed by atoms with Crippen LogP contribution in [-0.4, -0.2) is 24.2 Å². The molecule has 4 rings (SSSR count). The van der Waals surface area contributed by atoms with Gasteiger partial charge in [-0.2, -0.15) is 0 Å². The molecule has 0 saturated carbocycles. The van der Waals surface area contributed by atoms with Crippen LogP contribution in [0, 0.1) is 5.92 Å². The molecule has 1 amide bonds. The fraction of sp³-hybridized carbons (Fsp3) is 0.529. The van der Waals surface area contributed by atoms with Crippen molar-refractivity contribution >= 4 is 22.6 Å². The second-order valence-electron chi connectivity index (χ2n) is 6.42. The predicted octanol–water partition coefficient (Wildman–Crippen LogP) is 2.64. The zero-order chi connectivity index (χ0) is 14.9. The number of rotatable bonds is 3. The monoisotopic (exact) mass is 299 g/mol. The van der Waals surface area contributed by atoms with Crippen LogP contribution in [0.15, 0.2) is 16.7 Å². The number of anilines is 1. The van der Waals surface area contributed by atoms with E-state index in [0.717, 1.165) is 54.2 Å². The summed E-state index contributed by atoms with van der Waals surface area (Å²) in [5.41, 5.74) is 3.91. The molecule has 0 radical (unpaired) electrons. The molecule has 2 aliphatic rings. The van der Waals surface area contributed by atoms with E-state index in [1.807, 2.05) is 6.07 Å². The van der Waals surface area contributed by atoms with E-state index in [2.05, 4.69) is 21.9 Å². The summed E-state index contributed by atoms with van der Waals surface area (Å²) in [6, 6.07) is 4.07. The lowest BCUT2D eigenvalue weighted by Gasteiger charge is -2.22. The number of piperidine rings is 1. The van der Waals surface area contributed by atoms with Gasteiger partial charge in [0.15, 0.2) is 5.58 Å². The molecule has 0 atom stereocenters. The van der Waals surface area contributed by atoms with Crippen molar-refractivity contribution in [3.8, 4) is 0 Å². The lowest BCUT2D eigenvalue weighted by atomic mass is 9.92.